The van der Waals surface area contributed by atoms with Gasteiger partial charge < -0.3 is 25.0 Å². The molecule has 0 radical (unpaired) electrons. The van der Waals surface area contributed by atoms with Crippen LogP contribution < -0.4 is 25.0 Å². The van der Waals surface area contributed by atoms with Gasteiger partial charge in [0.15, 0.2) is 0 Å². The number of carbonyl (C=O) groups is 1. The van der Waals surface area contributed by atoms with E-state index in [1.165, 1.54) is 18.4 Å². The highest BCUT2D eigenvalue weighted by Gasteiger charge is 2.23. The Morgan fingerprint density at radius 2 is 1.58 bits per heavy atom. The van der Waals surface area contributed by atoms with Crippen molar-refractivity contribution in [2.75, 3.05) is 31.1 Å². The van der Waals surface area contributed by atoms with Gasteiger partial charge in [0.1, 0.15) is 17.2 Å². The molecule has 1 amide bonds. The van der Waals surface area contributed by atoms with Gasteiger partial charge >= 0.3 is 0 Å². The number of nitrogens with zero attached hydrogens (tertiary/aromatic N) is 1. The molecule has 38 heavy (non-hydrogen) atoms. The normalized spacial score (nSPS) is 16.2. The highest BCUT2D eigenvalue weighted by atomic mass is 16.5. The third-order valence-corrected chi connectivity index (χ3v) is 7.40. The largest absolute Gasteiger partial charge is 0.488 e. The molecule has 1 saturated heterocycles. The van der Waals surface area contributed by atoms with Crippen molar-refractivity contribution in [2.45, 2.75) is 57.1 Å². The van der Waals surface area contributed by atoms with Crippen LogP contribution in [0.1, 0.15) is 44.1 Å². The molecular weight excluding hydrogens is 474 g/mol. The summed E-state index contributed by atoms with van der Waals surface area (Å²) in [5, 5.41) is 6.64. The van der Waals surface area contributed by atoms with Crippen molar-refractivity contribution in [1.29, 1.82) is 0 Å². The van der Waals surface area contributed by atoms with Crippen LogP contribution in [-0.2, 0) is 11.2 Å². The molecule has 6 heteroatoms. The molecular formula is C32H39N3O3. The summed E-state index contributed by atoms with van der Waals surface area (Å²) in [4.78, 5) is 15.4. The van der Waals surface area contributed by atoms with Crippen LogP contribution in [-0.4, -0.2) is 44.2 Å². The molecule has 3 aromatic carbocycles. The summed E-state index contributed by atoms with van der Waals surface area (Å²) in [5.74, 6) is 2.36. The summed E-state index contributed by atoms with van der Waals surface area (Å²) in [7, 11) is 0. The number of rotatable bonds is 11. The van der Waals surface area contributed by atoms with E-state index in [4.69, 9.17) is 9.47 Å². The Balaban J connectivity index is 1.39. The SMILES string of the molecule is O=C(CN(CCc1ccccc1)c1ccc(Oc2ccccc2)cc1OC1CCCC1)NC1CCNCC1. The number of nitrogens with one attached hydrogen (secondary N) is 2. The predicted octanol–water partition coefficient (Wildman–Crippen LogP) is 5.72. The molecule has 3 aromatic rings. The zero-order valence-electron chi connectivity index (χ0n) is 22.1. The Labute approximate surface area is 226 Å². The number of benzene rings is 3. The van der Waals surface area contributed by atoms with E-state index in [2.05, 4.69) is 39.8 Å². The van der Waals surface area contributed by atoms with Gasteiger partial charge in [-0.25, -0.2) is 0 Å². The molecule has 0 spiro atoms. The Kier molecular flexibility index (Phi) is 9.16. The number of piperidine rings is 1. The number of ether oxygens (including phenoxy) is 2. The van der Waals surface area contributed by atoms with Crippen molar-refractivity contribution in [3.05, 3.63) is 84.4 Å². The molecule has 1 aliphatic heterocycles. The topological polar surface area (TPSA) is 62.8 Å². The predicted molar refractivity (Wildman–Crippen MR) is 152 cm³/mol. The van der Waals surface area contributed by atoms with Crippen LogP contribution >= 0.6 is 0 Å². The fourth-order valence-corrected chi connectivity index (χ4v) is 5.33. The minimum Gasteiger partial charge on any atom is -0.488 e. The molecule has 0 unspecified atom stereocenters. The number of hydrogen-bond acceptors (Lipinski definition) is 5. The fourth-order valence-electron chi connectivity index (χ4n) is 5.33. The van der Waals surface area contributed by atoms with Crippen LogP contribution in [0.3, 0.4) is 0 Å². The number of anilines is 1. The van der Waals surface area contributed by atoms with E-state index >= 15 is 0 Å². The standard InChI is InChI=1S/C32H39N3O3/c36-32(34-26-17-20-33-21-18-26)24-35(22-19-25-9-3-1-4-10-25)30-16-15-29(37-27-11-5-2-6-12-27)23-31(30)38-28-13-7-8-14-28/h1-6,9-12,15-16,23,26,28,33H,7-8,13-14,17-22,24H2,(H,34,36). The van der Waals surface area contributed by atoms with Gasteiger partial charge in [-0.05, 0) is 87.9 Å². The second-order valence-electron chi connectivity index (χ2n) is 10.3. The van der Waals surface area contributed by atoms with Gasteiger partial charge in [0.2, 0.25) is 5.91 Å². The summed E-state index contributed by atoms with van der Waals surface area (Å²) in [6.07, 6.45) is 7.47. The van der Waals surface area contributed by atoms with Crippen molar-refractivity contribution >= 4 is 11.6 Å². The Bertz CT molecular complexity index is 1140. The minimum absolute atomic E-state index is 0.0568. The van der Waals surface area contributed by atoms with E-state index in [1.807, 2.05) is 54.6 Å². The zero-order valence-corrected chi connectivity index (χ0v) is 22.1. The van der Waals surface area contributed by atoms with E-state index in [0.29, 0.717) is 6.54 Å². The highest BCUT2D eigenvalue weighted by molar-refractivity contribution is 5.82. The smallest absolute Gasteiger partial charge is 0.239 e. The number of amides is 1. The van der Waals surface area contributed by atoms with Gasteiger partial charge in [0.25, 0.3) is 0 Å². The Hall–Kier alpha value is -3.51. The summed E-state index contributed by atoms with van der Waals surface area (Å²) >= 11 is 0. The van der Waals surface area contributed by atoms with E-state index in [1.54, 1.807) is 0 Å². The summed E-state index contributed by atoms with van der Waals surface area (Å²) < 4.78 is 12.7. The maximum atomic E-state index is 13.2. The first-order chi connectivity index (χ1) is 18.7. The van der Waals surface area contributed by atoms with Crippen LogP contribution in [0, 0.1) is 0 Å². The van der Waals surface area contributed by atoms with Crippen molar-refractivity contribution in [3.8, 4) is 17.2 Å². The van der Waals surface area contributed by atoms with Crippen molar-refractivity contribution in [1.82, 2.24) is 10.6 Å². The summed E-state index contributed by atoms with van der Waals surface area (Å²) in [6.45, 7) is 2.90. The molecule has 0 aromatic heterocycles. The minimum atomic E-state index is 0.0568. The lowest BCUT2D eigenvalue weighted by Crippen LogP contribution is -2.46. The number of carbonyl (C=O) groups excluding carboxylic acids is 1. The van der Waals surface area contributed by atoms with Gasteiger partial charge in [0, 0.05) is 18.7 Å². The summed E-state index contributed by atoms with van der Waals surface area (Å²) in [5.41, 5.74) is 2.19. The second kappa shape index (κ2) is 13.3. The quantitative estimate of drug-likeness (QED) is 0.344. The van der Waals surface area contributed by atoms with E-state index in [9.17, 15) is 4.79 Å². The lowest BCUT2D eigenvalue weighted by molar-refractivity contribution is -0.120. The molecule has 2 aliphatic rings. The van der Waals surface area contributed by atoms with E-state index in [0.717, 1.165) is 68.1 Å². The molecule has 1 saturated carbocycles. The third kappa shape index (κ3) is 7.51. The van der Waals surface area contributed by atoms with Crippen molar-refractivity contribution in [3.63, 3.8) is 0 Å². The molecule has 2 fully saturated rings. The van der Waals surface area contributed by atoms with Crippen LogP contribution in [0.15, 0.2) is 78.9 Å². The van der Waals surface area contributed by atoms with Crippen LogP contribution in [0.5, 0.6) is 17.2 Å². The van der Waals surface area contributed by atoms with Gasteiger partial charge in [-0.15, -0.1) is 0 Å². The zero-order chi connectivity index (χ0) is 26.0. The average Bonchev–Trinajstić information content (AvgIpc) is 3.46. The highest BCUT2D eigenvalue weighted by Crippen LogP contribution is 2.37. The maximum Gasteiger partial charge on any atom is 0.239 e. The fraction of sp³-hybridized carbons (Fsp3) is 0.406. The lowest BCUT2D eigenvalue weighted by atomic mass is 10.1. The van der Waals surface area contributed by atoms with Crippen molar-refractivity contribution in [2.24, 2.45) is 0 Å². The Morgan fingerprint density at radius 3 is 2.32 bits per heavy atom. The van der Waals surface area contributed by atoms with Crippen LogP contribution in [0.4, 0.5) is 5.69 Å². The molecule has 1 aliphatic carbocycles. The maximum absolute atomic E-state index is 13.2. The molecule has 2 N–H and O–H groups in total. The van der Waals surface area contributed by atoms with E-state index in [-0.39, 0.29) is 24.6 Å². The number of hydrogen-bond donors (Lipinski definition) is 2. The van der Waals surface area contributed by atoms with E-state index < -0.39 is 0 Å². The summed E-state index contributed by atoms with van der Waals surface area (Å²) in [6, 6.07) is 26.5. The average molecular weight is 514 g/mol. The van der Waals surface area contributed by atoms with Crippen molar-refractivity contribution < 1.29 is 14.3 Å². The molecule has 5 rings (SSSR count). The third-order valence-electron chi connectivity index (χ3n) is 7.40. The molecule has 1 heterocycles. The van der Waals surface area contributed by atoms with Gasteiger partial charge in [0.05, 0.1) is 18.3 Å². The monoisotopic (exact) mass is 513 g/mol. The van der Waals surface area contributed by atoms with Gasteiger partial charge in [-0.3, -0.25) is 4.79 Å². The molecule has 0 bridgehead atoms. The van der Waals surface area contributed by atoms with Crippen LogP contribution in [0.25, 0.3) is 0 Å². The molecule has 0 atom stereocenters. The first-order valence-electron chi connectivity index (χ1n) is 14.1. The number of para-hydroxylation sites is 1. The van der Waals surface area contributed by atoms with Gasteiger partial charge in [-0.2, -0.15) is 0 Å². The second-order valence-corrected chi connectivity index (χ2v) is 10.3. The lowest BCUT2D eigenvalue weighted by Gasteiger charge is -2.30. The first kappa shape index (κ1) is 26.1. The molecule has 200 valence electrons. The molecule has 6 nitrogen and oxygen atoms in total. The van der Waals surface area contributed by atoms with Gasteiger partial charge in [-0.1, -0.05) is 48.5 Å². The van der Waals surface area contributed by atoms with Crippen LogP contribution in [0.2, 0.25) is 0 Å². The first-order valence-corrected chi connectivity index (χ1v) is 14.1. The Morgan fingerprint density at radius 1 is 0.868 bits per heavy atom.